The Hall–Kier alpha value is -2.10. The number of amides is 1. The van der Waals surface area contributed by atoms with E-state index in [2.05, 4.69) is 79.9 Å². The smallest absolute Gasteiger partial charge is 0.268 e. The number of carbonyl (C=O) groups is 1. The van der Waals surface area contributed by atoms with E-state index in [1.807, 2.05) is 27.2 Å². The van der Waals surface area contributed by atoms with E-state index in [-0.39, 0.29) is 6.61 Å². The molecule has 3 N–H and O–H groups in total. The van der Waals surface area contributed by atoms with Crippen molar-refractivity contribution in [1.82, 2.24) is 5.32 Å². The summed E-state index contributed by atoms with van der Waals surface area (Å²) in [5.74, 6) is -0.645. The van der Waals surface area contributed by atoms with Crippen LogP contribution in [0.1, 0.15) is 213 Å². The molecule has 0 saturated carbocycles. The van der Waals surface area contributed by atoms with Gasteiger partial charge in [0.1, 0.15) is 19.3 Å². The van der Waals surface area contributed by atoms with Crippen LogP contribution in [-0.4, -0.2) is 79.8 Å². The Morgan fingerprint density at radius 1 is 0.554 bits per heavy atom. The van der Waals surface area contributed by atoms with Gasteiger partial charge in [-0.25, -0.2) is 0 Å². The summed E-state index contributed by atoms with van der Waals surface area (Å²) >= 11 is 0. The van der Waals surface area contributed by atoms with Gasteiger partial charge in [0, 0.05) is 0 Å². The number of allylic oxidation sites excluding steroid dienone is 11. The van der Waals surface area contributed by atoms with Gasteiger partial charge in [-0.3, -0.25) is 9.36 Å². The monoisotopic (exact) mass is 933 g/mol. The molecular weight excluding hydrogens is 832 g/mol. The molecule has 1 amide bonds. The van der Waals surface area contributed by atoms with E-state index in [1.165, 1.54) is 116 Å². The lowest BCUT2D eigenvalue weighted by atomic mass is 10.0. The Labute approximate surface area is 400 Å². The van der Waals surface area contributed by atoms with Crippen molar-refractivity contribution in [2.45, 2.75) is 231 Å². The van der Waals surface area contributed by atoms with Crippen molar-refractivity contribution in [2.24, 2.45) is 0 Å². The predicted octanol–water partition coefficient (Wildman–Crippen LogP) is 13.9. The van der Waals surface area contributed by atoms with E-state index in [0.29, 0.717) is 23.9 Å². The topological polar surface area (TPSA) is 128 Å². The molecule has 65 heavy (non-hydrogen) atoms. The molecule has 0 bridgehead atoms. The van der Waals surface area contributed by atoms with Gasteiger partial charge in [0.05, 0.1) is 39.9 Å². The Morgan fingerprint density at radius 2 is 0.923 bits per heavy atom. The minimum absolute atomic E-state index is 0.0477. The van der Waals surface area contributed by atoms with Crippen molar-refractivity contribution >= 4 is 13.7 Å². The first-order valence-corrected chi connectivity index (χ1v) is 27.9. The van der Waals surface area contributed by atoms with Crippen molar-refractivity contribution in [1.29, 1.82) is 0 Å². The molecule has 0 aliphatic heterocycles. The third kappa shape index (κ3) is 46.8. The lowest BCUT2D eigenvalue weighted by molar-refractivity contribution is -0.870. The van der Waals surface area contributed by atoms with Crippen LogP contribution < -0.4 is 10.2 Å². The number of nitrogens with zero attached hydrogens (tertiary/aromatic N) is 1. The minimum atomic E-state index is -4.67. The molecule has 0 aliphatic carbocycles. The second kappa shape index (κ2) is 45.7. The molecule has 4 unspecified atom stereocenters. The maximum Gasteiger partial charge on any atom is 0.268 e. The molecule has 0 rings (SSSR count). The average molecular weight is 933 g/mol. The molecule has 9 nitrogen and oxygen atoms in total. The molecule has 0 aromatic carbocycles. The van der Waals surface area contributed by atoms with Crippen LogP contribution in [0.5, 0.6) is 0 Å². The van der Waals surface area contributed by atoms with Crippen LogP contribution in [0.25, 0.3) is 0 Å². The van der Waals surface area contributed by atoms with E-state index in [4.69, 9.17) is 9.05 Å². The van der Waals surface area contributed by atoms with E-state index < -0.39 is 38.6 Å². The zero-order chi connectivity index (χ0) is 48.0. The first kappa shape index (κ1) is 62.9. The van der Waals surface area contributed by atoms with Crippen LogP contribution in [0, 0.1) is 0 Å². The van der Waals surface area contributed by atoms with Crippen LogP contribution in [0.15, 0.2) is 72.9 Å². The number of nitrogens with one attached hydrogen (secondary N) is 1. The highest BCUT2D eigenvalue weighted by Gasteiger charge is 2.26. The number of phosphoric ester groups is 1. The first-order valence-electron chi connectivity index (χ1n) is 26.4. The van der Waals surface area contributed by atoms with E-state index in [9.17, 15) is 24.5 Å². The Kier molecular flexibility index (Phi) is 44.2. The summed E-state index contributed by atoms with van der Waals surface area (Å²) < 4.78 is 23.2. The number of aliphatic hydroxyl groups excluding tert-OH is 2. The van der Waals surface area contributed by atoms with Crippen molar-refractivity contribution in [3.05, 3.63) is 72.9 Å². The quantitative estimate of drug-likeness (QED) is 0.0240. The summed E-state index contributed by atoms with van der Waals surface area (Å²) in [4.78, 5) is 25.5. The highest BCUT2D eigenvalue weighted by Crippen LogP contribution is 2.38. The number of likely N-dealkylation sites (N-methyl/N-ethyl adjacent to an activating group) is 1. The predicted molar refractivity (Wildman–Crippen MR) is 276 cm³/mol. The van der Waals surface area contributed by atoms with Gasteiger partial charge in [-0.2, -0.15) is 0 Å². The van der Waals surface area contributed by atoms with Gasteiger partial charge in [0.15, 0.2) is 0 Å². The fraction of sp³-hybridized carbons (Fsp3) is 0.764. The summed E-state index contributed by atoms with van der Waals surface area (Å²) in [5, 5.41) is 24.3. The summed E-state index contributed by atoms with van der Waals surface area (Å²) in [6, 6.07) is -1.07. The van der Waals surface area contributed by atoms with Gasteiger partial charge in [0.2, 0.25) is 5.91 Å². The largest absolute Gasteiger partial charge is 0.756 e. The number of hydrogen-bond acceptors (Lipinski definition) is 7. The second-order valence-corrected chi connectivity index (χ2v) is 20.4. The van der Waals surface area contributed by atoms with Crippen LogP contribution in [-0.2, 0) is 18.4 Å². The summed E-state index contributed by atoms with van der Waals surface area (Å²) in [5.41, 5.74) is 0. The molecule has 0 aromatic rings. The van der Waals surface area contributed by atoms with Gasteiger partial charge in [-0.15, -0.1) is 0 Å². The highest BCUT2D eigenvalue weighted by atomic mass is 31.2. The second-order valence-electron chi connectivity index (χ2n) is 19.0. The van der Waals surface area contributed by atoms with Crippen molar-refractivity contribution in [2.75, 3.05) is 40.9 Å². The molecule has 0 aliphatic rings. The molecule has 0 radical (unpaired) electrons. The fourth-order valence-corrected chi connectivity index (χ4v) is 7.96. The number of rotatable bonds is 47. The van der Waals surface area contributed by atoms with Gasteiger partial charge in [0.25, 0.3) is 7.82 Å². The highest BCUT2D eigenvalue weighted by molar-refractivity contribution is 7.45. The Balaban J connectivity index is 4.32. The molecule has 0 fully saturated rings. The average Bonchev–Trinajstić information content (AvgIpc) is 3.26. The van der Waals surface area contributed by atoms with Crippen LogP contribution >= 0.6 is 7.82 Å². The molecular formula is C55H101N2O7P. The van der Waals surface area contributed by atoms with Crippen molar-refractivity contribution in [3.63, 3.8) is 0 Å². The number of phosphoric acid groups is 1. The van der Waals surface area contributed by atoms with Crippen LogP contribution in [0.2, 0.25) is 0 Å². The standard InChI is InChI=1S/C55H101N2O7P/c1-6-8-10-12-14-16-18-20-21-22-23-24-25-26-27-28-29-30-31-32-33-34-36-38-40-42-44-46-48-54(59)55(60)56-52(51-64-65(61,62)63-50-49-57(3,4)5)53(58)47-45-43-41-39-37-35-19-17-15-13-11-9-7-2/h14,16,20-21,23-24,26-27,29-30,45,47,52-54,58-59H,6-13,15,17-19,22,25,28,31-44,46,48-51H2,1-5H3,(H-,56,60,61,62)/b16-14-,21-20-,24-23-,27-26-,30-29-,47-45+. The zero-order valence-corrected chi connectivity index (χ0v) is 43.4. The third-order valence-corrected chi connectivity index (χ3v) is 12.5. The number of carbonyl (C=O) groups excluding carboxylic acids is 1. The maximum atomic E-state index is 13.0. The minimum Gasteiger partial charge on any atom is -0.756 e. The SMILES string of the molecule is CCCCC/C=C\C/C=C\C/C=C\C/C=C\C/C=C\CCCCCCCCCCCC(O)C(=O)NC(COP(=O)([O-])OCC[N+](C)(C)C)C(O)/C=C/CCCCCCCCCCCCC. The first-order chi connectivity index (χ1) is 31.4. The Morgan fingerprint density at radius 3 is 1.37 bits per heavy atom. The van der Waals surface area contributed by atoms with E-state index >= 15 is 0 Å². The van der Waals surface area contributed by atoms with Crippen molar-refractivity contribution < 1.29 is 38.0 Å². The van der Waals surface area contributed by atoms with Gasteiger partial charge in [-0.05, 0) is 70.6 Å². The normalized spacial score (nSPS) is 15.1. The van der Waals surface area contributed by atoms with Crippen molar-refractivity contribution in [3.8, 4) is 0 Å². The maximum absolute atomic E-state index is 13.0. The summed E-state index contributed by atoms with van der Waals surface area (Å²) in [7, 11) is 1.10. The van der Waals surface area contributed by atoms with E-state index in [0.717, 1.165) is 70.6 Å². The molecule has 0 heterocycles. The molecule has 378 valence electrons. The molecule has 10 heteroatoms. The zero-order valence-electron chi connectivity index (χ0n) is 42.5. The van der Waals surface area contributed by atoms with E-state index in [1.54, 1.807) is 6.08 Å². The number of unbranched alkanes of at least 4 members (excludes halogenated alkanes) is 23. The lowest BCUT2D eigenvalue weighted by Crippen LogP contribution is -2.49. The molecule has 4 atom stereocenters. The molecule has 0 aromatic heterocycles. The molecule has 0 spiro atoms. The summed E-state index contributed by atoms with van der Waals surface area (Å²) in [6.07, 6.45) is 58.8. The van der Waals surface area contributed by atoms with Gasteiger partial charge in [-0.1, -0.05) is 215 Å². The fourth-order valence-electron chi connectivity index (χ4n) is 7.24. The Bertz CT molecular complexity index is 1300. The van der Waals surface area contributed by atoms with Gasteiger partial charge >= 0.3 is 0 Å². The molecule has 0 saturated heterocycles. The van der Waals surface area contributed by atoms with Crippen LogP contribution in [0.3, 0.4) is 0 Å². The third-order valence-electron chi connectivity index (χ3n) is 11.5. The summed E-state index contributed by atoms with van der Waals surface area (Å²) in [6.45, 7) is 4.39. The number of aliphatic hydroxyl groups is 2. The lowest BCUT2D eigenvalue weighted by Gasteiger charge is -2.29. The van der Waals surface area contributed by atoms with Gasteiger partial charge < -0.3 is 34.0 Å². The number of quaternary nitrogens is 1. The number of hydrogen-bond donors (Lipinski definition) is 3. The van der Waals surface area contributed by atoms with Crippen LogP contribution in [0.4, 0.5) is 0 Å².